The topological polar surface area (TPSA) is 60.2 Å². The molecule has 27 heavy (non-hydrogen) atoms. The van der Waals surface area contributed by atoms with Crippen molar-refractivity contribution in [3.63, 3.8) is 0 Å². The Labute approximate surface area is 155 Å². The Morgan fingerprint density at radius 2 is 1.85 bits per heavy atom. The molecule has 1 amide bonds. The molecule has 3 rings (SSSR count). The largest absolute Gasteiger partial charge is 0.434 e. The van der Waals surface area contributed by atoms with E-state index >= 15 is 0 Å². The number of nitrogens with zero attached hydrogens (tertiary/aromatic N) is 4. The summed E-state index contributed by atoms with van der Waals surface area (Å²) in [5.41, 5.74) is 1.82. The summed E-state index contributed by atoms with van der Waals surface area (Å²) in [6.07, 6.45) is 3.04. The number of para-hydroxylation sites is 1. The zero-order valence-electron chi connectivity index (χ0n) is 14.8. The molecule has 1 heterocycles. The quantitative estimate of drug-likeness (QED) is 0.662. The summed E-state index contributed by atoms with van der Waals surface area (Å²) in [6, 6.07) is 13.2. The first kappa shape index (κ1) is 18.5. The second-order valence-corrected chi connectivity index (χ2v) is 5.90. The Balaban J connectivity index is 1.79. The summed E-state index contributed by atoms with van der Waals surface area (Å²) < 4.78 is 31.3. The zero-order valence-corrected chi connectivity index (χ0v) is 14.8. The minimum absolute atomic E-state index is 0.0892. The Bertz CT molecular complexity index is 898. The zero-order chi connectivity index (χ0) is 19.4. The van der Waals surface area contributed by atoms with E-state index in [1.54, 1.807) is 30.2 Å². The highest BCUT2D eigenvalue weighted by Crippen LogP contribution is 2.26. The average Bonchev–Trinajstić information content (AvgIpc) is 3.21. The van der Waals surface area contributed by atoms with Gasteiger partial charge in [0.1, 0.15) is 18.4 Å². The number of carbonyl (C=O) groups is 1. The van der Waals surface area contributed by atoms with Crippen LogP contribution in [0.3, 0.4) is 0 Å². The highest BCUT2D eigenvalue weighted by Gasteiger charge is 2.23. The van der Waals surface area contributed by atoms with E-state index in [0.717, 1.165) is 11.3 Å². The predicted molar refractivity (Wildman–Crippen MR) is 94.9 cm³/mol. The minimum atomic E-state index is -2.99. The molecule has 0 N–H and O–H groups in total. The summed E-state index contributed by atoms with van der Waals surface area (Å²) in [4.78, 5) is 18.2. The number of alkyl halides is 2. The lowest BCUT2D eigenvalue weighted by atomic mass is 10.1. The molecule has 1 aromatic heterocycles. The Morgan fingerprint density at radius 1 is 1.15 bits per heavy atom. The minimum Gasteiger partial charge on any atom is -0.434 e. The fourth-order valence-electron chi connectivity index (χ4n) is 2.68. The molecule has 6 nitrogen and oxygen atoms in total. The molecule has 0 spiro atoms. The molecule has 0 saturated carbocycles. The van der Waals surface area contributed by atoms with Gasteiger partial charge in [-0.2, -0.15) is 13.9 Å². The van der Waals surface area contributed by atoms with Gasteiger partial charge in [-0.05, 0) is 36.8 Å². The third-order valence-corrected chi connectivity index (χ3v) is 4.29. The average molecular weight is 372 g/mol. The summed E-state index contributed by atoms with van der Waals surface area (Å²) in [7, 11) is 1.62. The first-order chi connectivity index (χ1) is 13.0. The monoisotopic (exact) mass is 372 g/mol. The maximum absolute atomic E-state index is 12.8. The molecular weight excluding hydrogens is 354 g/mol. The highest BCUT2D eigenvalue weighted by atomic mass is 19.3. The van der Waals surface area contributed by atoms with Crippen LogP contribution >= 0.6 is 0 Å². The Morgan fingerprint density at radius 3 is 2.48 bits per heavy atom. The van der Waals surface area contributed by atoms with Gasteiger partial charge in [-0.1, -0.05) is 24.3 Å². The first-order valence-corrected chi connectivity index (χ1v) is 8.23. The van der Waals surface area contributed by atoms with Crippen molar-refractivity contribution in [1.29, 1.82) is 0 Å². The molecule has 1 atom stereocenters. The lowest BCUT2D eigenvalue weighted by Gasteiger charge is -2.26. The van der Waals surface area contributed by atoms with Crippen LogP contribution < -0.4 is 4.74 Å². The number of carbonyl (C=O) groups excluding carboxylic acids is 1. The number of amides is 1. The molecule has 0 radical (unpaired) electrons. The molecular formula is C19H18F2N4O2. The summed E-state index contributed by atoms with van der Waals surface area (Å²) in [5.74, 6) is -0.544. The molecule has 3 aromatic rings. The van der Waals surface area contributed by atoms with Gasteiger partial charge < -0.3 is 9.64 Å². The fourth-order valence-corrected chi connectivity index (χ4v) is 2.68. The maximum atomic E-state index is 12.8. The van der Waals surface area contributed by atoms with Crippen molar-refractivity contribution in [1.82, 2.24) is 19.7 Å². The van der Waals surface area contributed by atoms with Gasteiger partial charge in [-0.15, -0.1) is 0 Å². The van der Waals surface area contributed by atoms with Gasteiger partial charge in [0.25, 0.3) is 5.91 Å². The molecule has 0 saturated heterocycles. The fraction of sp³-hybridized carbons (Fsp3) is 0.211. The molecule has 140 valence electrons. The third kappa shape index (κ3) is 4.11. The van der Waals surface area contributed by atoms with Crippen LogP contribution in [0, 0.1) is 0 Å². The number of ether oxygens (including phenoxy) is 1. The van der Waals surface area contributed by atoms with Crippen LogP contribution in [0.5, 0.6) is 5.75 Å². The first-order valence-electron chi connectivity index (χ1n) is 8.23. The van der Waals surface area contributed by atoms with Gasteiger partial charge in [0.15, 0.2) is 0 Å². The van der Waals surface area contributed by atoms with Crippen molar-refractivity contribution in [3.8, 4) is 11.4 Å². The van der Waals surface area contributed by atoms with Crippen molar-refractivity contribution >= 4 is 5.91 Å². The van der Waals surface area contributed by atoms with Gasteiger partial charge >= 0.3 is 6.61 Å². The van der Waals surface area contributed by atoms with E-state index in [-0.39, 0.29) is 17.4 Å². The Hall–Kier alpha value is -3.29. The lowest BCUT2D eigenvalue weighted by Crippen LogP contribution is -2.30. The van der Waals surface area contributed by atoms with Crippen LogP contribution in [0.4, 0.5) is 8.78 Å². The van der Waals surface area contributed by atoms with Crippen molar-refractivity contribution in [2.45, 2.75) is 19.6 Å². The summed E-state index contributed by atoms with van der Waals surface area (Å²) in [5, 5.41) is 4.06. The third-order valence-electron chi connectivity index (χ3n) is 4.29. The lowest BCUT2D eigenvalue weighted by molar-refractivity contribution is -0.0502. The van der Waals surface area contributed by atoms with E-state index in [1.807, 2.05) is 31.2 Å². The van der Waals surface area contributed by atoms with Gasteiger partial charge in [0, 0.05) is 7.05 Å². The van der Waals surface area contributed by atoms with E-state index in [1.165, 1.54) is 23.4 Å². The van der Waals surface area contributed by atoms with Crippen LogP contribution in [0.1, 0.15) is 28.9 Å². The smallest absolute Gasteiger partial charge is 0.387 e. The van der Waals surface area contributed by atoms with Crippen molar-refractivity contribution in [2.75, 3.05) is 7.05 Å². The van der Waals surface area contributed by atoms with Gasteiger partial charge in [0.2, 0.25) is 0 Å². The van der Waals surface area contributed by atoms with Crippen LogP contribution in [0.2, 0.25) is 0 Å². The molecule has 0 unspecified atom stereocenters. The maximum Gasteiger partial charge on any atom is 0.387 e. The van der Waals surface area contributed by atoms with Crippen molar-refractivity contribution < 1.29 is 18.3 Å². The van der Waals surface area contributed by atoms with E-state index < -0.39 is 12.5 Å². The van der Waals surface area contributed by atoms with Crippen LogP contribution in [0.15, 0.2) is 61.2 Å². The van der Waals surface area contributed by atoms with E-state index in [9.17, 15) is 13.6 Å². The highest BCUT2D eigenvalue weighted by molar-refractivity contribution is 5.97. The molecule has 0 fully saturated rings. The second-order valence-electron chi connectivity index (χ2n) is 5.90. The molecule has 2 aromatic carbocycles. The molecule has 0 aliphatic heterocycles. The predicted octanol–water partition coefficient (Wildman–Crippen LogP) is 3.70. The number of aromatic nitrogens is 3. The summed E-state index contributed by atoms with van der Waals surface area (Å²) >= 11 is 0. The number of halogens is 2. The summed E-state index contributed by atoms with van der Waals surface area (Å²) in [6.45, 7) is -1.13. The van der Waals surface area contributed by atoms with E-state index in [2.05, 4.69) is 14.8 Å². The molecule has 8 heteroatoms. The van der Waals surface area contributed by atoms with E-state index in [4.69, 9.17) is 0 Å². The van der Waals surface area contributed by atoms with Gasteiger partial charge in [0.05, 0.1) is 17.3 Å². The molecule has 0 aliphatic rings. The van der Waals surface area contributed by atoms with Crippen LogP contribution in [0.25, 0.3) is 5.69 Å². The second kappa shape index (κ2) is 7.94. The number of hydrogen-bond acceptors (Lipinski definition) is 4. The van der Waals surface area contributed by atoms with Gasteiger partial charge in [-0.3, -0.25) is 4.79 Å². The van der Waals surface area contributed by atoms with Gasteiger partial charge in [-0.25, -0.2) is 9.67 Å². The van der Waals surface area contributed by atoms with E-state index in [0.29, 0.717) is 0 Å². The number of benzene rings is 2. The Kier molecular flexibility index (Phi) is 5.44. The number of rotatable bonds is 6. The normalized spacial score (nSPS) is 12.0. The van der Waals surface area contributed by atoms with Crippen molar-refractivity contribution in [3.05, 3.63) is 72.3 Å². The van der Waals surface area contributed by atoms with Crippen molar-refractivity contribution in [2.24, 2.45) is 0 Å². The standard InChI is InChI=1S/C19H18F2N4O2/c1-13(14-7-9-15(10-8-14)25-12-22-11-23-25)24(2)18(26)16-5-3-4-6-17(16)27-19(20)21/h3-13,19H,1-2H3/t13-/m0/s1. The number of hydrogen-bond donors (Lipinski definition) is 0. The SMILES string of the molecule is C[C@@H](c1ccc(-n2cncn2)cc1)N(C)C(=O)c1ccccc1OC(F)F. The van der Waals surface area contributed by atoms with Crippen LogP contribution in [-0.4, -0.2) is 39.2 Å². The van der Waals surface area contributed by atoms with Crippen LogP contribution in [-0.2, 0) is 0 Å². The molecule has 0 bridgehead atoms. The molecule has 0 aliphatic carbocycles.